The maximum Gasteiger partial charge on any atom is 0.214 e. The second-order valence-electron chi connectivity index (χ2n) is 6.49. The highest BCUT2D eigenvalue weighted by molar-refractivity contribution is 6.31. The third-order valence-electron chi connectivity index (χ3n) is 5.03. The van der Waals surface area contributed by atoms with E-state index < -0.39 is 0 Å². The van der Waals surface area contributed by atoms with Crippen molar-refractivity contribution in [2.75, 3.05) is 11.6 Å². The third kappa shape index (κ3) is 2.29. The molecule has 4 rings (SSSR count). The second kappa shape index (κ2) is 5.43. The second-order valence-corrected chi connectivity index (χ2v) is 7.30. The SMILES string of the molecule is Nc1c2c([nH+]c3cc(Cl)ccc13)CC1C=C(CCCl)CC2C1. The molecule has 2 nitrogen and oxygen atoms in total. The zero-order valence-corrected chi connectivity index (χ0v) is 13.8. The van der Waals surface area contributed by atoms with Crippen molar-refractivity contribution in [3.63, 3.8) is 0 Å². The van der Waals surface area contributed by atoms with Crippen LogP contribution in [-0.2, 0) is 6.42 Å². The molecular formula is C18H19Cl2N2+. The number of hydrogen-bond donors (Lipinski definition) is 1. The van der Waals surface area contributed by atoms with Gasteiger partial charge in [-0.15, -0.1) is 11.6 Å². The van der Waals surface area contributed by atoms with Crippen LogP contribution < -0.4 is 10.7 Å². The Labute approximate surface area is 140 Å². The minimum atomic E-state index is 0.522. The maximum absolute atomic E-state index is 6.54. The van der Waals surface area contributed by atoms with Gasteiger partial charge in [0.2, 0.25) is 5.52 Å². The highest BCUT2D eigenvalue weighted by atomic mass is 35.5. The lowest BCUT2D eigenvalue weighted by molar-refractivity contribution is -0.360. The van der Waals surface area contributed by atoms with Crippen molar-refractivity contribution >= 4 is 39.8 Å². The molecule has 0 amide bonds. The predicted molar refractivity (Wildman–Crippen MR) is 92.5 cm³/mol. The van der Waals surface area contributed by atoms with Crippen molar-refractivity contribution in [1.82, 2.24) is 0 Å². The van der Waals surface area contributed by atoms with Crippen LogP contribution in [0.25, 0.3) is 10.9 Å². The number of alkyl halides is 1. The van der Waals surface area contributed by atoms with Crippen LogP contribution in [-0.4, -0.2) is 5.88 Å². The van der Waals surface area contributed by atoms with Gasteiger partial charge in [-0.25, -0.2) is 4.98 Å². The highest BCUT2D eigenvalue weighted by Gasteiger charge is 2.36. The first-order valence-electron chi connectivity index (χ1n) is 7.84. The van der Waals surface area contributed by atoms with Gasteiger partial charge in [-0.2, -0.15) is 0 Å². The van der Waals surface area contributed by atoms with Gasteiger partial charge in [0, 0.05) is 29.0 Å². The normalized spacial score (nSPS) is 23.3. The molecule has 1 heterocycles. The summed E-state index contributed by atoms with van der Waals surface area (Å²) >= 11 is 12.1. The Morgan fingerprint density at radius 1 is 1.27 bits per heavy atom. The molecule has 0 spiro atoms. The van der Waals surface area contributed by atoms with E-state index in [9.17, 15) is 0 Å². The fourth-order valence-corrected chi connectivity index (χ4v) is 4.60. The number of nitrogens with two attached hydrogens (primary N) is 1. The largest absolute Gasteiger partial charge is 0.398 e. The zero-order valence-electron chi connectivity index (χ0n) is 12.3. The monoisotopic (exact) mass is 333 g/mol. The average molecular weight is 334 g/mol. The smallest absolute Gasteiger partial charge is 0.214 e. The molecule has 3 N–H and O–H groups in total. The molecule has 0 saturated heterocycles. The predicted octanol–water partition coefficient (Wildman–Crippen LogP) is 4.49. The van der Waals surface area contributed by atoms with Crippen molar-refractivity contribution in [2.24, 2.45) is 5.92 Å². The topological polar surface area (TPSA) is 40.2 Å². The summed E-state index contributed by atoms with van der Waals surface area (Å²) in [6.07, 6.45) is 6.76. The molecule has 2 atom stereocenters. The van der Waals surface area contributed by atoms with Crippen LogP contribution in [0.2, 0.25) is 5.02 Å². The number of H-pyrrole nitrogens is 1. The lowest BCUT2D eigenvalue weighted by atomic mass is 9.70. The summed E-state index contributed by atoms with van der Waals surface area (Å²) in [4.78, 5) is 3.58. The molecule has 2 unspecified atom stereocenters. The molecule has 2 aromatic rings. The Morgan fingerprint density at radius 2 is 2.14 bits per heavy atom. The number of benzene rings is 1. The summed E-state index contributed by atoms with van der Waals surface area (Å²) < 4.78 is 0. The van der Waals surface area contributed by atoms with E-state index in [0.717, 1.165) is 40.9 Å². The van der Waals surface area contributed by atoms with Gasteiger partial charge in [0.15, 0.2) is 5.69 Å². The number of allylic oxidation sites excluding steroid dienone is 2. The van der Waals surface area contributed by atoms with E-state index in [0.29, 0.717) is 17.7 Å². The van der Waals surface area contributed by atoms with Gasteiger partial charge in [-0.3, -0.25) is 0 Å². The van der Waals surface area contributed by atoms with Gasteiger partial charge >= 0.3 is 0 Å². The molecule has 1 aromatic heterocycles. The lowest BCUT2D eigenvalue weighted by Gasteiger charge is -2.33. The molecule has 0 aliphatic heterocycles. The van der Waals surface area contributed by atoms with E-state index in [1.54, 1.807) is 0 Å². The Hall–Kier alpha value is -1.25. The van der Waals surface area contributed by atoms with E-state index in [1.807, 2.05) is 18.2 Å². The van der Waals surface area contributed by atoms with Crippen molar-refractivity contribution in [2.45, 2.75) is 31.6 Å². The molecule has 1 aromatic carbocycles. The Morgan fingerprint density at radius 3 is 2.95 bits per heavy atom. The summed E-state index contributed by atoms with van der Waals surface area (Å²) in [7, 11) is 0. The molecule has 2 aliphatic rings. The molecule has 114 valence electrons. The van der Waals surface area contributed by atoms with Gasteiger partial charge < -0.3 is 5.73 Å². The Bertz CT molecular complexity index is 782. The van der Waals surface area contributed by atoms with Crippen LogP contribution in [0, 0.1) is 5.92 Å². The summed E-state index contributed by atoms with van der Waals surface area (Å²) in [6, 6.07) is 5.90. The van der Waals surface area contributed by atoms with E-state index in [4.69, 9.17) is 28.9 Å². The average Bonchev–Trinajstić information content (AvgIpc) is 2.46. The fourth-order valence-electron chi connectivity index (χ4n) is 4.19. The molecule has 2 aliphatic carbocycles. The Balaban J connectivity index is 1.85. The minimum Gasteiger partial charge on any atom is -0.398 e. The first-order chi connectivity index (χ1) is 10.7. The molecule has 0 radical (unpaired) electrons. The number of pyridine rings is 1. The first kappa shape index (κ1) is 14.3. The number of rotatable bonds is 2. The van der Waals surface area contributed by atoms with Crippen LogP contribution in [0.1, 0.15) is 36.4 Å². The Kier molecular flexibility index (Phi) is 3.54. The molecule has 4 heteroatoms. The van der Waals surface area contributed by atoms with E-state index in [1.165, 1.54) is 23.3 Å². The van der Waals surface area contributed by atoms with Crippen LogP contribution in [0.3, 0.4) is 0 Å². The number of fused-ring (bicyclic) bond motifs is 5. The van der Waals surface area contributed by atoms with Crippen LogP contribution in [0.5, 0.6) is 0 Å². The van der Waals surface area contributed by atoms with Crippen molar-refractivity contribution in [3.05, 3.63) is 46.1 Å². The zero-order chi connectivity index (χ0) is 15.3. The molecule has 2 bridgehead atoms. The number of halogens is 2. The number of aromatic amines is 1. The fraction of sp³-hybridized carbons (Fsp3) is 0.389. The molecule has 0 saturated carbocycles. The van der Waals surface area contributed by atoms with Crippen LogP contribution in [0.4, 0.5) is 5.69 Å². The number of hydrogen-bond acceptors (Lipinski definition) is 1. The van der Waals surface area contributed by atoms with Gasteiger partial charge in [0.25, 0.3) is 0 Å². The number of anilines is 1. The van der Waals surface area contributed by atoms with Gasteiger partial charge in [0.05, 0.1) is 11.1 Å². The van der Waals surface area contributed by atoms with Crippen molar-refractivity contribution < 1.29 is 4.98 Å². The summed E-state index contributed by atoms with van der Waals surface area (Å²) in [5, 5.41) is 1.82. The van der Waals surface area contributed by atoms with Gasteiger partial charge in [0.1, 0.15) is 0 Å². The number of aromatic nitrogens is 1. The molecule has 22 heavy (non-hydrogen) atoms. The minimum absolute atomic E-state index is 0.522. The van der Waals surface area contributed by atoms with Gasteiger partial charge in [-0.05, 0) is 43.2 Å². The highest BCUT2D eigenvalue weighted by Crippen LogP contribution is 2.46. The van der Waals surface area contributed by atoms with Crippen LogP contribution in [0.15, 0.2) is 29.8 Å². The number of nitrogens with one attached hydrogen (secondary N) is 1. The van der Waals surface area contributed by atoms with E-state index >= 15 is 0 Å². The van der Waals surface area contributed by atoms with E-state index in [2.05, 4.69) is 11.1 Å². The standard InChI is InChI=1S/C18H18Cl2N2/c19-4-3-10-5-11-7-12(6-10)17-16(8-11)22-15-9-13(20)1-2-14(15)18(17)21/h1-2,5,9,11-12H,3-4,6-8H2,(H2,21,22)/p+1. The summed E-state index contributed by atoms with van der Waals surface area (Å²) in [5.41, 5.74) is 12.6. The van der Waals surface area contributed by atoms with Crippen molar-refractivity contribution in [3.8, 4) is 0 Å². The molecule has 0 fully saturated rings. The third-order valence-corrected chi connectivity index (χ3v) is 5.45. The molecular weight excluding hydrogens is 315 g/mol. The van der Waals surface area contributed by atoms with Crippen LogP contribution >= 0.6 is 23.2 Å². The lowest BCUT2D eigenvalue weighted by Crippen LogP contribution is -2.30. The number of nitrogen functional groups attached to an aromatic ring is 1. The quantitative estimate of drug-likeness (QED) is 0.638. The van der Waals surface area contributed by atoms with Crippen molar-refractivity contribution in [1.29, 1.82) is 0 Å². The van der Waals surface area contributed by atoms with Gasteiger partial charge in [-0.1, -0.05) is 23.3 Å². The summed E-state index contributed by atoms with van der Waals surface area (Å²) in [6.45, 7) is 0. The van der Waals surface area contributed by atoms with E-state index in [-0.39, 0.29) is 0 Å². The first-order valence-corrected chi connectivity index (χ1v) is 8.75. The summed E-state index contributed by atoms with van der Waals surface area (Å²) in [5.74, 6) is 1.83. The maximum atomic E-state index is 6.54.